The van der Waals surface area contributed by atoms with E-state index in [-0.39, 0.29) is 0 Å². The lowest BCUT2D eigenvalue weighted by Crippen LogP contribution is -2.03. The van der Waals surface area contributed by atoms with E-state index in [1.54, 1.807) is 0 Å². The summed E-state index contributed by atoms with van der Waals surface area (Å²) in [5, 5.41) is 8.58. The molecule has 0 saturated carbocycles. The molecule has 2 heteroatoms. The second-order valence-electron chi connectivity index (χ2n) is 4.61. The van der Waals surface area contributed by atoms with Crippen molar-refractivity contribution in [1.82, 2.24) is 0 Å². The van der Waals surface area contributed by atoms with Crippen LogP contribution in [0.4, 0.5) is 0 Å². The maximum absolute atomic E-state index is 10.4. The molecule has 0 aliphatic heterocycles. The molecular formula is C13H26O2. The summed E-state index contributed by atoms with van der Waals surface area (Å²) in [6.07, 6.45) is 10.6. The smallest absolute Gasteiger partial charge is 0.303 e. The van der Waals surface area contributed by atoms with Crippen molar-refractivity contribution in [3.8, 4) is 0 Å². The molecule has 0 amide bonds. The minimum Gasteiger partial charge on any atom is -0.481 e. The number of carboxylic acid groups (broad SMARTS) is 1. The van der Waals surface area contributed by atoms with E-state index >= 15 is 0 Å². The number of aliphatic carboxylic acids is 1. The van der Waals surface area contributed by atoms with E-state index in [1.807, 2.05) is 6.92 Å². The van der Waals surface area contributed by atoms with E-state index in [1.165, 1.54) is 44.9 Å². The predicted octanol–water partition coefficient (Wildman–Crippen LogP) is 4.24. The second-order valence-corrected chi connectivity index (χ2v) is 4.61. The molecule has 0 spiro atoms. The summed E-state index contributed by atoms with van der Waals surface area (Å²) in [4.78, 5) is 10.4. The summed E-state index contributed by atoms with van der Waals surface area (Å²) >= 11 is 0. The SMILES string of the molecule is CCCCCCCCC[C@H](C)CC(=O)O. The lowest BCUT2D eigenvalue weighted by atomic mass is 9.99. The zero-order chi connectivity index (χ0) is 11.5. The molecule has 0 radical (unpaired) electrons. The van der Waals surface area contributed by atoms with Crippen molar-refractivity contribution >= 4 is 5.97 Å². The van der Waals surface area contributed by atoms with Gasteiger partial charge in [-0.1, -0.05) is 65.2 Å². The summed E-state index contributed by atoms with van der Waals surface area (Å²) in [5.74, 6) is -0.316. The van der Waals surface area contributed by atoms with E-state index < -0.39 is 5.97 Å². The molecule has 0 heterocycles. The number of carboxylic acids is 1. The predicted molar refractivity (Wildman–Crippen MR) is 64.0 cm³/mol. The summed E-state index contributed by atoms with van der Waals surface area (Å²) in [5.41, 5.74) is 0. The van der Waals surface area contributed by atoms with Crippen molar-refractivity contribution in [3.63, 3.8) is 0 Å². The molecule has 2 nitrogen and oxygen atoms in total. The van der Waals surface area contributed by atoms with E-state index in [9.17, 15) is 4.79 Å². The number of carbonyl (C=O) groups is 1. The van der Waals surface area contributed by atoms with Gasteiger partial charge in [-0.3, -0.25) is 4.79 Å². The van der Waals surface area contributed by atoms with Crippen molar-refractivity contribution in [3.05, 3.63) is 0 Å². The highest BCUT2D eigenvalue weighted by molar-refractivity contribution is 5.66. The van der Waals surface area contributed by atoms with Crippen LogP contribution in [-0.2, 0) is 4.79 Å². The summed E-state index contributed by atoms with van der Waals surface area (Å²) in [6, 6.07) is 0. The van der Waals surface area contributed by atoms with Crippen LogP contribution < -0.4 is 0 Å². The fourth-order valence-electron chi connectivity index (χ4n) is 1.85. The second kappa shape index (κ2) is 10.0. The van der Waals surface area contributed by atoms with Gasteiger partial charge in [-0.25, -0.2) is 0 Å². The van der Waals surface area contributed by atoms with Crippen LogP contribution in [-0.4, -0.2) is 11.1 Å². The molecule has 0 saturated heterocycles. The van der Waals surface area contributed by atoms with Crippen LogP contribution in [0.1, 0.15) is 71.6 Å². The molecule has 15 heavy (non-hydrogen) atoms. The van der Waals surface area contributed by atoms with E-state index in [0.29, 0.717) is 12.3 Å². The molecule has 1 atom stereocenters. The molecule has 0 aromatic rings. The Hall–Kier alpha value is -0.530. The molecule has 1 N–H and O–H groups in total. The number of rotatable bonds is 10. The third-order valence-corrected chi connectivity index (χ3v) is 2.82. The highest BCUT2D eigenvalue weighted by Gasteiger charge is 2.06. The van der Waals surface area contributed by atoms with Crippen LogP contribution in [0.2, 0.25) is 0 Å². The van der Waals surface area contributed by atoms with Gasteiger partial charge in [-0.2, -0.15) is 0 Å². The molecule has 0 fully saturated rings. The molecule has 0 bridgehead atoms. The average molecular weight is 214 g/mol. The third kappa shape index (κ3) is 11.4. The summed E-state index contributed by atoms with van der Waals surface area (Å²) in [7, 11) is 0. The zero-order valence-electron chi connectivity index (χ0n) is 10.3. The van der Waals surface area contributed by atoms with Gasteiger partial charge in [0.1, 0.15) is 0 Å². The molecule has 0 aliphatic rings. The molecule has 90 valence electrons. The summed E-state index contributed by atoms with van der Waals surface area (Å²) < 4.78 is 0. The molecular weight excluding hydrogens is 188 g/mol. The van der Waals surface area contributed by atoms with Gasteiger partial charge in [0.2, 0.25) is 0 Å². The normalized spacial score (nSPS) is 12.7. The quantitative estimate of drug-likeness (QED) is 0.552. The molecule has 0 aromatic heterocycles. The van der Waals surface area contributed by atoms with E-state index in [2.05, 4.69) is 6.92 Å². The lowest BCUT2D eigenvalue weighted by molar-refractivity contribution is -0.138. The maximum Gasteiger partial charge on any atom is 0.303 e. The van der Waals surface area contributed by atoms with Gasteiger partial charge in [0.05, 0.1) is 0 Å². The molecule has 0 aliphatic carbocycles. The van der Waals surface area contributed by atoms with Gasteiger partial charge in [-0.05, 0) is 5.92 Å². The topological polar surface area (TPSA) is 37.3 Å². The van der Waals surface area contributed by atoms with Gasteiger partial charge in [0, 0.05) is 6.42 Å². The van der Waals surface area contributed by atoms with E-state index in [4.69, 9.17) is 5.11 Å². The number of hydrogen-bond donors (Lipinski definition) is 1. The first-order valence-corrected chi connectivity index (χ1v) is 6.38. The Balaban J connectivity index is 3.13. The average Bonchev–Trinajstić information content (AvgIpc) is 2.15. The monoisotopic (exact) mass is 214 g/mol. The van der Waals surface area contributed by atoms with Gasteiger partial charge in [-0.15, -0.1) is 0 Å². The van der Waals surface area contributed by atoms with Gasteiger partial charge >= 0.3 is 5.97 Å². The standard InChI is InChI=1S/C13H26O2/c1-3-4-5-6-7-8-9-10-12(2)11-13(14)15/h12H,3-11H2,1-2H3,(H,14,15)/t12-/m0/s1. The van der Waals surface area contributed by atoms with Gasteiger partial charge in [0.25, 0.3) is 0 Å². The highest BCUT2D eigenvalue weighted by Crippen LogP contribution is 2.14. The maximum atomic E-state index is 10.4. The zero-order valence-corrected chi connectivity index (χ0v) is 10.3. The fraction of sp³-hybridized carbons (Fsp3) is 0.923. The first-order chi connectivity index (χ1) is 7.16. The van der Waals surface area contributed by atoms with E-state index in [0.717, 1.165) is 6.42 Å². The van der Waals surface area contributed by atoms with Gasteiger partial charge < -0.3 is 5.11 Å². The van der Waals surface area contributed by atoms with Crippen LogP contribution in [0.15, 0.2) is 0 Å². The highest BCUT2D eigenvalue weighted by atomic mass is 16.4. The minimum atomic E-state index is -0.662. The van der Waals surface area contributed by atoms with Crippen molar-refractivity contribution in [2.45, 2.75) is 71.6 Å². The largest absolute Gasteiger partial charge is 0.481 e. The third-order valence-electron chi connectivity index (χ3n) is 2.82. The number of unbranched alkanes of at least 4 members (excludes halogenated alkanes) is 6. The van der Waals surface area contributed by atoms with Gasteiger partial charge in [0.15, 0.2) is 0 Å². The Morgan fingerprint density at radius 2 is 1.60 bits per heavy atom. The van der Waals surface area contributed by atoms with Crippen LogP contribution in [0.5, 0.6) is 0 Å². The number of hydrogen-bond acceptors (Lipinski definition) is 1. The van der Waals surface area contributed by atoms with Crippen molar-refractivity contribution in [2.24, 2.45) is 5.92 Å². The first-order valence-electron chi connectivity index (χ1n) is 6.38. The van der Waals surface area contributed by atoms with Crippen LogP contribution in [0.25, 0.3) is 0 Å². The van der Waals surface area contributed by atoms with Crippen molar-refractivity contribution in [2.75, 3.05) is 0 Å². The van der Waals surface area contributed by atoms with Crippen LogP contribution in [0, 0.1) is 5.92 Å². The molecule has 0 aromatic carbocycles. The minimum absolute atomic E-state index is 0.329. The van der Waals surface area contributed by atoms with Crippen LogP contribution >= 0.6 is 0 Å². The Morgan fingerprint density at radius 3 is 2.13 bits per heavy atom. The Kier molecular flexibility index (Phi) is 9.65. The van der Waals surface area contributed by atoms with Crippen molar-refractivity contribution < 1.29 is 9.90 Å². The van der Waals surface area contributed by atoms with Crippen LogP contribution in [0.3, 0.4) is 0 Å². The molecule has 0 rings (SSSR count). The van der Waals surface area contributed by atoms with Crippen molar-refractivity contribution in [1.29, 1.82) is 0 Å². The Bertz CT molecular complexity index is 155. The fourth-order valence-corrected chi connectivity index (χ4v) is 1.85. The summed E-state index contributed by atoms with van der Waals surface area (Å²) in [6.45, 7) is 4.26. The Labute approximate surface area is 94.1 Å². The molecule has 0 unspecified atom stereocenters. The first kappa shape index (κ1) is 14.5. The Morgan fingerprint density at radius 1 is 1.07 bits per heavy atom. The lowest BCUT2D eigenvalue weighted by Gasteiger charge is -2.07.